The van der Waals surface area contributed by atoms with Gasteiger partial charge >= 0.3 is 23.9 Å². The van der Waals surface area contributed by atoms with Crippen LogP contribution in [0, 0.1) is 0 Å². The molecule has 4 N–H and O–H groups in total. The van der Waals surface area contributed by atoms with Crippen LogP contribution in [0.1, 0.15) is 0 Å². The van der Waals surface area contributed by atoms with E-state index in [1.165, 1.54) is 0 Å². The van der Waals surface area contributed by atoms with Crippen molar-refractivity contribution < 1.29 is 39.6 Å². The van der Waals surface area contributed by atoms with Crippen molar-refractivity contribution in [3.63, 3.8) is 0 Å². The van der Waals surface area contributed by atoms with Crippen molar-refractivity contribution in [2.24, 2.45) is 0 Å². The Kier molecular flexibility index (Phi) is 11.4. The van der Waals surface area contributed by atoms with Crippen LogP contribution in [0.25, 0.3) is 0 Å². The molecule has 0 aromatic heterocycles. The minimum atomic E-state index is -1.23. The first-order chi connectivity index (χ1) is 9.20. The van der Waals surface area contributed by atoms with E-state index in [1.807, 2.05) is 0 Å². The summed E-state index contributed by atoms with van der Waals surface area (Å²) in [4.78, 5) is 44.4. The quantitative estimate of drug-likeness (QED) is 0.301. The highest BCUT2D eigenvalue weighted by Gasteiger charge is 2.17. The molecule has 3 radical (unpaired) electrons. The molecule has 0 bridgehead atoms. The molecule has 0 amide bonds. The van der Waals surface area contributed by atoms with Crippen LogP contribution >= 0.6 is 0 Å². The zero-order valence-electron chi connectivity index (χ0n) is 11.1. The molecule has 0 fully saturated rings. The van der Waals surface area contributed by atoms with E-state index in [0.29, 0.717) is 0 Å². The van der Waals surface area contributed by atoms with E-state index < -0.39 is 50.1 Å². The van der Waals surface area contributed by atoms with Crippen LogP contribution < -0.4 is 0 Å². The van der Waals surface area contributed by atoms with Gasteiger partial charge in [-0.05, 0) is 0 Å². The number of rotatable bonds is 11. The molecular formula is C10H16AlN2O8. The molecule has 21 heavy (non-hydrogen) atoms. The van der Waals surface area contributed by atoms with Crippen molar-refractivity contribution in [1.29, 1.82) is 0 Å². The van der Waals surface area contributed by atoms with Gasteiger partial charge in [0.1, 0.15) is 0 Å². The predicted molar refractivity (Wildman–Crippen MR) is 69.2 cm³/mol. The molecule has 0 unspecified atom stereocenters. The lowest BCUT2D eigenvalue weighted by Crippen LogP contribution is -2.43. The highest BCUT2D eigenvalue weighted by molar-refractivity contribution is 5.75. The molecule has 0 aliphatic rings. The van der Waals surface area contributed by atoms with Crippen molar-refractivity contribution in [2.45, 2.75) is 0 Å². The molecule has 0 atom stereocenters. The third-order valence-corrected chi connectivity index (χ3v) is 2.17. The molecule has 0 aliphatic heterocycles. The third-order valence-electron chi connectivity index (χ3n) is 2.17. The second kappa shape index (κ2) is 11.0. The van der Waals surface area contributed by atoms with Crippen LogP contribution in [0.15, 0.2) is 0 Å². The highest BCUT2D eigenvalue weighted by Crippen LogP contribution is 1.94. The molecule has 0 aromatic rings. The normalized spacial score (nSPS) is 10.2. The van der Waals surface area contributed by atoms with Gasteiger partial charge in [0.2, 0.25) is 0 Å². The number of hydrogen-bond donors (Lipinski definition) is 4. The van der Waals surface area contributed by atoms with E-state index in [9.17, 15) is 19.2 Å². The van der Waals surface area contributed by atoms with Crippen molar-refractivity contribution in [3.05, 3.63) is 0 Å². The fourth-order valence-corrected chi connectivity index (χ4v) is 1.48. The maximum atomic E-state index is 10.6. The Bertz CT molecular complexity index is 321. The highest BCUT2D eigenvalue weighted by atomic mass is 27.0. The number of carboxylic acid groups (broad SMARTS) is 4. The van der Waals surface area contributed by atoms with Gasteiger partial charge in [-0.25, -0.2) is 0 Å². The molecule has 0 saturated carbocycles. The molecule has 0 saturated heterocycles. The van der Waals surface area contributed by atoms with E-state index >= 15 is 0 Å². The van der Waals surface area contributed by atoms with Gasteiger partial charge in [-0.3, -0.25) is 29.0 Å². The van der Waals surface area contributed by atoms with Crippen LogP contribution in [0.4, 0.5) is 0 Å². The fourth-order valence-electron chi connectivity index (χ4n) is 1.48. The zero-order valence-corrected chi connectivity index (χ0v) is 12.3. The van der Waals surface area contributed by atoms with Crippen molar-refractivity contribution in [2.75, 3.05) is 39.3 Å². The lowest BCUT2D eigenvalue weighted by Gasteiger charge is -2.23. The molecular weight excluding hydrogens is 303 g/mol. The van der Waals surface area contributed by atoms with E-state index in [2.05, 4.69) is 0 Å². The number of aliphatic carboxylic acids is 4. The molecule has 10 nitrogen and oxygen atoms in total. The molecule has 0 spiro atoms. The van der Waals surface area contributed by atoms with Gasteiger partial charge in [-0.15, -0.1) is 0 Å². The van der Waals surface area contributed by atoms with Gasteiger partial charge in [-0.2, -0.15) is 0 Å². The summed E-state index contributed by atoms with van der Waals surface area (Å²) in [6, 6.07) is 0. The number of carbonyl (C=O) groups is 4. The first-order valence-corrected chi connectivity index (χ1v) is 5.52. The summed E-state index contributed by atoms with van der Waals surface area (Å²) in [7, 11) is 0. The standard InChI is InChI=1S/C10H16N2O8.Al/c13-7(14)3-11(4-8(15)16)1-2-12(5-9(17)18)6-10(19)20;/h1-6H2,(H,13,14)(H,15,16)(H,17,18)(H,19,20);. The second-order valence-electron chi connectivity index (χ2n) is 4.00. The molecule has 117 valence electrons. The molecule has 11 heteroatoms. The lowest BCUT2D eigenvalue weighted by molar-refractivity contribution is -0.145. The maximum absolute atomic E-state index is 10.6. The summed E-state index contributed by atoms with van der Waals surface area (Å²) < 4.78 is 0. The molecule has 0 aliphatic carbocycles. The lowest BCUT2D eigenvalue weighted by atomic mass is 10.4. The average molecular weight is 319 g/mol. The Balaban J connectivity index is 0. The Morgan fingerprint density at radius 3 is 0.905 bits per heavy atom. The fraction of sp³-hybridized carbons (Fsp3) is 0.600. The van der Waals surface area contributed by atoms with Crippen molar-refractivity contribution >= 4 is 41.2 Å². The predicted octanol–water partition coefficient (Wildman–Crippen LogP) is -2.45. The summed E-state index contributed by atoms with van der Waals surface area (Å²) in [5.74, 6) is -4.91. The summed E-state index contributed by atoms with van der Waals surface area (Å²) in [5, 5.41) is 34.5. The van der Waals surface area contributed by atoms with E-state index in [-0.39, 0.29) is 30.5 Å². The largest absolute Gasteiger partial charge is 0.480 e. The van der Waals surface area contributed by atoms with Crippen LogP contribution in [0.5, 0.6) is 0 Å². The molecule has 0 rings (SSSR count). The monoisotopic (exact) mass is 319 g/mol. The number of nitrogens with zero attached hydrogens (tertiary/aromatic N) is 2. The van der Waals surface area contributed by atoms with Gasteiger partial charge < -0.3 is 20.4 Å². The topological polar surface area (TPSA) is 156 Å². The second-order valence-corrected chi connectivity index (χ2v) is 4.00. The van der Waals surface area contributed by atoms with Gasteiger partial charge in [0.25, 0.3) is 0 Å². The molecule has 0 aromatic carbocycles. The minimum absolute atomic E-state index is 0. The first-order valence-electron chi connectivity index (χ1n) is 5.52. The summed E-state index contributed by atoms with van der Waals surface area (Å²) in [6.07, 6.45) is 0. The van der Waals surface area contributed by atoms with Crippen molar-refractivity contribution in [1.82, 2.24) is 9.80 Å². The maximum Gasteiger partial charge on any atom is 0.317 e. The smallest absolute Gasteiger partial charge is 0.317 e. The van der Waals surface area contributed by atoms with Gasteiger partial charge in [-0.1, -0.05) is 0 Å². The Morgan fingerprint density at radius 1 is 0.571 bits per heavy atom. The minimum Gasteiger partial charge on any atom is -0.480 e. The Morgan fingerprint density at radius 2 is 0.762 bits per heavy atom. The Hall–Kier alpha value is -1.67. The average Bonchev–Trinajstić information content (AvgIpc) is 2.22. The van der Waals surface area contributed by atoms with Gasteiger partial charge in [0.15, 0.2) is 0 Å². The van der Waals surface area contributed by atoms with Crippen LogP contribution in [-0.2, 0) is 19.2 Å². The van der Waals surface area contributed by atoms with Crippen LogP contribution in [-0.4, -0.2) is 111 Å². The Labute approximate surface area is 130 Å². The number of hydrogen-bond acceptors (Lipinski definition) is 6. The third kappa shape index (κ3) is 13.1. The van der Waals surface area contributed by atoms with E-state index in [4.69, 9.17) is 20.4 Å². The van der Waals surface area contributed by atoms with Crippen LogP contribution in [0.3, 0.4) is 0 Å². The van der Waals surface area contributed by atoms with Gasteiger partial charge in [0.05, 0.1) is 26.2 Å². The SMILES string of the molecule is O=C(O)CN(CCN(CC(=O)O)CC(=O)O)CC(=O)O.[Al]. The summed E-state index contributed by atoms with van der Waals surface area (Å²) in [5.41, 5.74) is 0. The first kappa shape index (κ1) is 21.6. The summed E-state index contributed by atoms with van der Waals surface area (Å²) >= 11 is 0. The summed E-state index contributed by atoms with van der Waals surface area (Å²) in [6.45, 7) is -2.25. The van der Waals surface area contributed by atoms with Crippen LogP contribution in [0.2, 0.25) is 0 Å². The zero-order chi connectivity index (χ0) is 15.7. The number of carboxylic acids is 4. The van der Waals surface area contributed by atoms with Gasteiger partial charge in [0, 0.05) is 30.5 Å². The van der Waals surface area contributed by atoms with E-state index in [1.54, 1.807) is 0 Å². The molecule has 0 heterocycles. The van der Waals surface area contributed by atoms with Crippen molar-refractivity contribution in [3.8, 4) is 0 Å². The van der Waals surface area contributed by atoms with E-state index in [0.717, 1.165) is 9.80 Å².